The maximum absolute atomic E-state index is 5.95. The second-order valence-electron chi connectivity index (χ2n) is 6.95. The highest BCUT2D eigenvalue weighted by atomic mass is 15.1. The summed E-state index contributed by atoms with van der Waals surface area (Å²) in [7, 11) is 2.07. The highest BCUT2D eigenvalue weighted by Crippen LogP contribution is 2.22. The van der Waals surface area contributed by atoms with Crippen molar-refractivity contribution in [1.82, 2.24) is 14.9 Å². The fraction of sp³-hybridized carbons (Fsp3) is 0.130. The minimum atomic E-state index is 0.272. The molecular formula is C23H23N5. The third-order valence-electron chi connectivity index (χ3n) is 4.55. The van der Waals surface area contributed by atoms with Crippen LogP contribution in [-0.2, 0) is 13.1 Å². The number of benzene rings is 3. The first kappa shape index (κ1) is 17.9. The highest BCUT2D eigenvalue weighted by molar-refractivity contribution is 5.86. The number of rotatable bonds is 6. The van der Waals surface area contributed by atoms with Gasteiger partial charge in [-0.1, -0.05) is 60.7 Å². The zero-order valence-electron chi connectivity index (χ0n) is 15.8. The number of hydrogen-bond donors (Lipinski definition) is 2. The molecule has 0 aliphatic carbocycles. The van der Waals surface area contributed by atoms with Crippen LogP contribution in [0.15, 0.2) is 78.9 Å². The monoisotopic (exact) mass is 369 g/mol. The van der Waals surface area contributed by atoms with Gasteiger partial charge in [0.05, 0.1) is 5.69 Å². The summed E-state index contributed by atoms with van der Waals surface area (Å²) in [5, 5.41) is 5.74. The van der Waals surface area contributed by atoms with E-state index in [0.29, 0.717) is 12.4 Å². The van der Waals surface area contributed by atoms with Crippen LogP contribution in [0.3, 0.4) is 0 Å². The Kier molecular flexibility index (Phi) is 5.17. The molecule has 0 fully saturated rings. The highest BCUT2D eigenvalue weighted by Gasteiger charge is 2.07. The molecule has 1 aromatic heterocycles. The van der Waals surface area contributed by atoms with Crippen LogP contribution >= 0.6 is 0 Å². The summed E-state index contributed by atoms with van der Waals surface area (Å²) in [6, 6.07) is 26.8. The second-order valence-corrected chi connectivity index (χ2v) is 6.95. The summed E-state index contributed by atoms with van der Waals surface area (Å²) < 4.78 is 0. The standard InChI is InChI=1S/C23H23N5/c1-28(15-17-7-3-2-4-8-17)16-21-14-22(27-23(24)26-21)25-20-12-11-18-9-5-6-10-19(18)13-20/h2-14H,15-16H2,1H3,(H3,24,25,26,27). The van der Waals surface area contributed by atoms with Crippen LogP contribution in [0.2, 0.25) is 0 Å². The van der Waals surface area contributed by atoms with E-state index in [9.17, 15) is 0 Å². The van der Waals surface area contributed by atoms with Crippen molar-refractivity contribution in [3.63, 3.8) is 0 Å². The molecule has 5 heteroatoms. The lowest BCUT2D eigenvalue weighted by molar-refractivity contribution is 0.315. The molecule has 140 valence electrons. The lowest BCUT2D eigenvalue weighted by atomic mass is 10.1. The van der Waals surface area contributed by atoms with E-state index in [-0.39, 0.29) is 5.95 Å². The molecule has 4 rings (SSSR count). The van der Waals surface area contributed by atoms with E-state index in [0.717, 1.165) is 17.9 Å². The number of anilines is 3. The Balaban J connectivity index is 1.49. The molecule has 1 heterocycles. The van der Waals surface area contributed by atoms with E-state index in [1.54, 1.807) is 0 Å². The fourth-order valence-electron chi connectivity index (χ4n) is 3.31. The summed E-state index contributed by atoms with van der Waals surface area (Å²) in [5.41, 5.74) is 9.07. The summed E-state index contributed by atoms with van der Waals surface area (Å²) in [4.78, 5) is 10.9. The van der Waals surface area contributed by atoms with E-state index < -0.39 is 0 Å². The van der Waals surface area contributed by atoms with E-state index in [1.165, 1.54) is 16.3 Å². The number of nitrogen functional groups attached to an aromatic ring is 1. The SMILES string of the molecule is CN(Cc1ccccc1)Cc1cc(Nc2ccc3ccccc3c2)nc(N)n1. The number of aromatic nitrogens is 2. The van der Waals surface area contributed by atoms with E-state index in [1.807, 2.05) is 30.3 Å². The Labute approximate surface area is 164 Å². The molecule has 0 aliphatic heterocycles. The Bertz CT molecular complexity index is 1080. The van der Waals surface area contributed by atoms with Crippen LogP contribution in [0.5, 0.6) is 0 Å². The first-order chi connectivity index (χ1) is 13.7. The molecule has 0 amide bonds. The first-order valence-corrected chi connectivity index (χ1v) is 9.27. The van der Waals surface area contributed by atoms with Gasteiger partial charge in [0.1, 0.15) is 5.82 Å². The molecule has 3 N–H and O–H groups in total. The average Bonchev–Trinajstić information content (AvgIpc) is 2.68. The van der Waals surface area contributed by atoms with Gasteiger partial charge in [0.25, 0.3) is 0 Å². The first-order valence-electron chi connectivity index (χ1n) is 9.27. The van der Waals surface area contributed by atoms with Crippen LogP contribution in [0.4, 0.5) is 17.5 Å². The molecule has 3 aromatic carbocycles. The lowest BCUT2D eigenvalue weighted by Crippen LogP contribution is -2.18. The van der Waals surface area contributed by atoms with Gasteiger partial charge in [-0.3, -0.25) is 4.90 Å². The van der Waals surface area contributed by atoms with Crippen molar-refractivity contribution < 1.29 is 0 Å². The van der Waals surface area contributed by atoms with Gasteiger partial charge in [-0.25, -0.2) is 4.98 Å². The maximum atomic E-state index is 5.95. The Morgan fingerprint density at radius 2 is 1.57 bits per heavy atom. The molecule has 0 aliphatic rings. The number of nitrogens with two attached hydrogens (primary N) is 1. The second kappa shape index (κ2) is 8.06. The minimum Gasteiger partial charge on any atom is -0.368 e. The van der Waals surface area contributed by atoms with Crippen molar-refractivity contribution in [3.8, 4) is 0 Å². The predicted molar refractivity (Wildman–Crippen MR) is 115 cm³/mol. The number of fused-ring (bicyclic) bond motifs is 1. The summed E-state index contributed by atoms with van der Waals surface area (Å²) in [5.74, 6) is 0.972. The van der Waals surface area contributed by atoms with Crippen molar-refractivity contribution in [2.45, 2.75) is 13.1 Å². The van der Waals surface area contributed by atoms with Crippen molar-refractivity contribution in [2.75, 3.05) is 18.1 Å². The number of nitrogens with zero attached hydrogens (tertiary/aromatic N) is 3. The third-order valence-corrected chi connectivity index (χ3v) is 4.55. The Morgan fingerprint density at radius 3 is 2.39 bits per heavy atom. The summed E-state index contributed by atoms with van der Waals surface area (Å²) >= 11 is 0. The predicted octanol–water partition coefficient (Wildman–Crippen LogP) is 4.59. The van der Waals surface area contributed by atoms with Gasteiger partial charge >= 0.3 is 0 Å². The van der Waals surface area contributed by atoms with Gasteiger partial charge in [-0.2, -0.15) is 4.98 Å². The van der Waals surface area contributed by atoms with E-state index >= 15 is 0 Å². The molecule has 0 unspecified atom stereocenters. The van der Waals surface area contributed by atoms with Crippen molar-refractivity contribution in [2.24, 2.45) is 0 Å². The average molecular weight is 369 g/mol. The molecule has 5 nitrogen and oxygen atoms in total. The van der Waals surface area contributed by atoms with Gasteiger partial charge in [-0.15, -0.1) is 0 Å². The van der Waals surface area contributed by atoms with Crippen molar-refractivity contribution >= 4 is 28.2 Å². The van der Waals surface area contributed by atoms with Crippen LogP contribution < -0.4 is 11.1 Å². The van der Waals surface area contributed by atoms with Crippen LogP contribution in [0, 0.1) is 0 Å². The van der Waals surface area contributed by atoms with Gasteiger partial charge in [0.2, 0.25) is 5.95 Å². The maximum Gasteiger partial charge on any atom is 0.222 e. The molecule has 0 saturated heterocycles. The van der Waals surface area contributed by atoms with Gasteiger partial charge in [0, 0.05) is 24.8 Å². The van der Waals surface area contributed by atoms with Crippen LogP contribution in [0.25, 0.3) is 10.8 Å². The van der Waals surface area contributed by atoms with E-state index in [4.69, 9.17) is 5.73 Å². The van der Waals surface area contributed by atoms with Crippen molar-refractivity contribution in [3.05, 3.63) is 90.1 Å². The Hall–Kier alpha value is -3.44. The molecular weight excluding hydrogens is 346 g/mol. The van der Waals surface area contributed by atoms with E-state index in [2.05, 4.69) is 75.8 Å². The molecule has 0 saturated carbocycles. The van der Waals surface area contributed by atoms with Crippen LogP contribution in [0.1, 0.15) is 11.3 Å². The Morgan fingerprint density at radius 1 is 0.821 bits per heavy atom. The molecule has 28 heavy (non-hydrogen) atoms. The fourth-order valence-corrected chi connectivity index (χ4v) is 3.31. The molecule has 4 aromatic rings. The van der Waals surface area contributed by atoms with Crippen molar-refractivity contribution in [1.29, 1.82) is 0 Å². The molecule has 0 radical (unpaired) electrons. The quantitative estimate of drug-likeness (QED) is 0.520. The third kappa shape index (κ3) is 4.45. The normalized spacial score (nSPS) is 11.1. The number of hydrogen-bond acceptors (Lipinski definition) is 5. The van der Waals surface area contributed by atoms with Gasteiger partial charge in [0.15, 0.2) is 0 Å². The lowest BCUT2D eigenvalue weighted by Gasteiger charge is -2.17. The smallest absolute Gasteiger partial charge is 0.222 e. The van der Waals surface area contributed by atoms with Gasteiger partial charge < -0.3 is 11.1 Å². The number of nitrogens with one attached hydrogen (secondary N) is 1. The summed E-state index contributed by atoms with van der Waals surface area (Å²) in [6.07, 6.45) is 0. The largest absolute Gasteiger partial charge is 0.368 e. The topological polar surface area (TPSA) is 67.1 Å². The molecule has 0 atom stereocenters. The van der Waals surface area contributed by atoms with Gasteiger partial charge in [-0.05, 0) is 35.5 Å². The minimum absolute atomic E-state index is 0.272. The molecule has 0 bridgehead atoms. The van der Waals surface area contributed by atoms with Crippen LogP contribution in [-0.4, -0.2) is 21.9 Å². The zero-order chi connectivity index (χ0) is 19.3. The zero-order valence-corrected chi connectivity index (χ0v) is 15.8. The molecule has 0 spiro atoms. The summed E-state index contributed by atoms with van der Waals surface area (Å²) in [6.45, 7) is 1.53.